The quantitative estimate of drug-likeness (QED) is 0.207. The first-order valence-corrected chi connectivity index (χ1v) is 18.5. The molecule has 0 atom stereocenters. The molecular weight excluding hydrogens is 517 g/mol. The number of hydrogen-bond acceptors (Lipinski definition) is 0. The van der Waals surface area contributed by atoms with E-state index in [1.54, 1.807) is 5.30 Å². The van der Waals surface area contributed by atoms with Gasteiger partial charge in [-0.15, -0.1) is 40.3 Å². The fourth-order valence-electron chi connectivity index (χ4n) is 4.45. The summed E-state index contributed by atoms with van der Waals surface area (Å²) in [6, 6.07) is 13.5. The Balaban J connectivity index is 0.000000311. The summed E-state index contributed by atoms with van der Waals surface area (Å²) in [6.07, 6.45) is 0. The Hall–Kier alpha value is 0.0731. The second-order valence-corrected chi connectivity index (χ2v) is 17.8. The van der Waals surface area contributed by atoms with Gasteiger partial charge < -0.3 is 0 Å². The third-order valence-electron chi connectivity index (χ3n) is 6.02. The first-order chi connectivity index (χ1) is 14.2. The first kappa shape index (κ1) is 29.1. The Morgan fingerprint density at radius 3 is 1.58 bits per heavy atom. The van der Waals surface area contributed by atoms with Crippen molar-refractivity contribution in [1.29, 1.82) is 0 Å². The summed E-state index contributed by atoms with van der Waals surface area (Å²) in [6.45, 7) is 25.3. The van der Waals surface area contributed by atoms with E-state index in [0.717, 1.165) is 0 Å². The van der Waals surface area contributed by atoms with Crippen LogP contribution in [0.15, 0.2) is 36.4 Å². The molecule has 0 aromatic heterocycles. The van der Waals surface area contributed by atoms with E-state index in [1.165, 1.54) is 38.6 Å². The van der Waals surface area contributed by atoms with Crippen molar-refractivity contribution < 1.29 is 20.8 Å². The average molecular weight is 557 g/mol. The normalized spacial score (nSPS) is 11.5. The van der Waals surface area contributed by atoms with Crippen LogP contribution in [0.2, 0.25) is 0 Å². The maximum atomic E-state index is 4.93. The van der Waals surface area contributed by atoms with Gasteiger partial charge in [0.1, 0.15) is 0 Å². The molecule has 0 spiro atoms. The summed E-state index contributed by atoms with van der Waals surface area (Å²) in [4.78, 5) is 0. The van der Waals surface area contributed by atoms with Crippen molar-refractivity contribution >= 4 is 41.0 Å². The van der Waals surface area contributed by atoms with E-state index in [9.17, 15) is 0 Å². The molecule has 0 aliphatic rings. The van der Waals surface area contributed by atoms with Crippen LogP contribution in [0, 0.1) is 34.6 Å². The molecule has 0 nitrogen and oxygen atoms in total. The van der Waals surface area contributed by atoms with Crippen LogP contribution >= 0.6 is 24.9 Å². The molecule has 0 saturated heterocycles. The molecule has 170 valence electrons. The topological polar surface area (TPSA) is 0 Å². The van der Waals surface area contributed by atoms with Gasteiger partial charge in [-0.25, -0.2) is 0 Å². The summed E-state index contributed by atoms with van der Waals surface area (Å²) >= 11 is -0.826. The zero-order valence-corrected chi connectivity index (χ0v) is 26.0. The Morgan fingerprint density at radius 1 is 0.839 bits per heavy atom. The monoisotopic (exact) mass is 554 g/mol. The summed E-state index contributed by atoms with van der Waals surface area (Å²) in [5.74, 6) is 0. The van der Waals surface area contributed by atoms with Crippen LogP contribution in [-0.2, 0) is 20.8 Å². The van der Waals surface area contributed by atoms with Crippen LogP contribution in [0.3, 0.4) is 0 Å². The first-order valence-electron chi connectivity index (χ1n) is 10.8. The van der Waals surface area contributed by atoms with Gasteiger partial charge in [-0.05, 0) is 10.3 Å². The number of benzene rings is 1. The van der Waals surface area contributed by atoms with Gasteiger partial charge >= 0.3 is 37.9 Å². The van der Waals surface area contributed by atoms with E-state index >= 15 is 0 Å². The van der Waals surface area contributed by atoms with Gasteiger partial charge in [0, 0.05) is 0 Å². The molecular formula is C27H39Cl2PZr. The molecule has 3 aromatic rings. The van der Waals surface area contributed by atoms with Crippen molar-refractivity contribution in [3.05, 3.63) is 64.2 Å². The zero-order valence-electron chi connectivity index (χ0n) is 21.2. The molecule has 0 bridgehead atoms. The third kappa shape index (κ3) is 7.81. The number of hydrogen-bond donors (Lipinski definition) is 0. The van der Waals surface area contributed by atoms with E-state index < -0.39 is 20.8 Å². The summed E-state index contributed by atoms with van der Waals surface area (Å²) < 4.78 is 0. The number of rotatable bonds is 1. The van der Waals surface area contributed by atoms with Crippen molar-refractivity contribution in [2.45, 2.75) is 86.5 Å². The zero-order chi connectivity index (χ0) is 24.1. The van der Waals surface area contributed by atoms with Crippen LogP contribution in [0.5, 0.6) is 0 Å². The predicted octanol–water partition coefficient (Wildman–Crippen LogP) is 9.59. The molecule has 0 aliphatic carbocycles. The SMILES string of the molecule is CC(C)(C)P(c1cc2ccccc2[cH-]1)C(C)(C)C.Cc1c(C)c(C)[c-](C)c1C.[Cl][Zr+2][Cl]. The Kier molecular flexibility index (Phi) is 11.2. The minimum absolute atomic E-state index is 0.185. The average Bonchev–Trinajstić information content (AvgIpc) is 3.12. The Bertz CT molecular complexity index is 840. The van der Waals surface area contributed by atoms with E-state index in [0.29, 0.717) is 10.3 Å². The van der Waals surface area contributed by atoms with Crippen LogP contribution in [0.25, 0.3) is 10.8 Å². The van der Waals surface area contributed by atoms with Gasteiger partial charge in [0.05, 0.1) is 0 Å². The van der Waals surface area contributed by atoms with Gasteiger partial charge in [-0.1, -0.05) is 90.1 Å². The second kappa shape index (κ2) is 12.0. The van der Waals surface area contributed by atoms with Gasteiger partial charge in [0.2, 0.25) is 0 Å². The molecule has 0 amide bonds. The van der Waals surface area contributed by atoms with E-state index in [-0.39, 0.29) is 7.92 Å². The van der Waals surface area contributed by atoms with Crippen molar-refractivity contribution in [2.24, 2.45) is 0 Å². The fraction of sp³-hybridized carbons (Fsp3) is 0.481. The maximum absolute atomic E-state index is 4.93. The molecule has 4 heteroatoms. The summed E-state index contributed by atoms with van der Waals surface area (Å²) in [5.41, 5.74) is 7.34. The van der Waals surface area contributed by atoms with Gasteiger partial charge in [0.15, 0.2) is 0 Å². The molecule has 31 heavy (non-hydrogen) atoms. The van der Waals surface area contributed by atoms with E-state index in [2.05, 4.69) is 113 Å². The van der Waals surface area contributed by atoms with Crippen LogP contribution in [-0.4, -0.2) is 10.3 Å². The molecule has 0 fully saturated rings. The van der Waals surface area contributed by atoms with E-state index in [1.807, 2.05) is 0 Å². The third-order valence-corrected chi connectivity index (χ3v) is 9.47. The molecule has 0 aliphatic heterocycles. The Morgan fingerprint density at radius 2 is 1.26 bits per heavy atom. The van der Waals surface area contributed by atoms with Crippen LogP contribution in [0.4, 0.5) is 0 Å². The molecule has 3 rings (SSSR count). The van der Waals surface area contributed by atoms with Gasteiger partial charge in [0.25, 0.3) is 0 Å². The molecule has 0 unspecified atom stereocenters. The minimum atomic E-state index is -0.826. The second-order valence-electron chi connectivity index (χ2n) is 10.2. The van der Waals surface area contributed by atoms with E-state index in [4.69, 9.17) is 17.0 Å². The van der Waals surface area contributed by atoms with Crippen molar-refractivity contribution in [3.63, 3.8) is 0 Å². The molecule has 0 N–H and O–H groups in total. The Labute approximate surface area is 211 Å². The number of fused-ring (bicyclic) bond motifs is 1. The fourth-order valence-corrected chi connectivity index (χ4v) is 8.55. The summed E-state index contributed by atoms with van der Waals surface area (Å²) in [7, 11) is 9.68. The van der Waals surface area contributed by atoms with Crippen LogP contribution in [0.1, 0.15) is 69.4 Å². The molecule has 0 saturated carbocycles. The molecule has 0 heterocycles. The standard InChI is InChI=1S/C17H24P.C10H15.2ClH.Zr/c1-16(2,3)18(17(4,5)6)15-11-13-9-7-8-10-14(13)12-15;1-6-7(2)9(4)10(5)8(6)3;;;/h7-12H,1-6H3;1-5H3;2*1H;/q2*-1;;;+4/p-2. The predicted molar refractivity (Wildman–Crippen MR) is 143 cm³/mol. The molecule has 0 radical (unpaired) electrons. The van der Waals surface area contributed by atoms with Crippen LogP contribution < -0.4 is 5.30 Å². The van der Waals surface area contributed by atoms with Crippen molar-refractivity contribution in [1.82, 2.24) is 0 Å². The summed E-state index contributed by atoms with van der Waals surface area (Å²) in [5, 5.41) is 5.00. The van der Waals surface area contributed by atoms with Gasteiger partial charge in [-0.3, -0.25) is 0 Å². The van der Waals surface area contributed by atoms with Crippen molar-refractivity contribution in [2.75, 3.05) is 0 Å². The molecule has 3 aromatic carbocycles. The van der Waals surface area contributed by atoms with Gasteiger partial charge in [-0.2, -0.15) is 33.9 Å². The number of halogens is 2. The van der Waals surface area contributed by atoms with Crippen molar-refractivity contribution in [3.8, 4) is 0 Å².